The summed E-state index contributed by atoms with van der Waals surface area (Å²) in [6, 6.07) is 15.5. The van der Waals surface area contributed by atoms with Gasteiger partial charge in [0, 0.05) is 19.8 Å². The molecule has 0 aliphatic heterocycles. The molecule has 0 aliphatic carbocycles. The summed E-state index contributed by atoms with van der Waals surface area (Å²) in [4.78, 5) is 14.6. The molecule has 138 valence electrons. The summed E-state index contributed by atoms with van der Waals surface area (Å²) in [6.07, 6.45) is 1.64. The summed E-state index contributed by atoms with van der Waals surface area (Å²) >= 11 is 0. The van der Waals surface area contributed by atoms with Gasteiger partial charge in [0.05, 0.1) is 18.2 Å². The number of nitrogens with zero attached hydrogens (tertiary/aromatic N) is 2. The van der Waals surface area contributed by atoms with Gasteiger partial charge in [-0.2, -0.15) is 5.10 Å². The molecule has 5 nitrogen and oxygen atoms in total. The molecule has 2 aromatic rings. The van der Waals surface area contributed by atoms with E-state index in [0.717, 1.165) is 22.6 Å². The number of hydrazone groups is 1. The highest BCUT2D eigenvalue weighted by Crippen LogP contribution is 2.25. The molecule has 1 amide bonds. The standard InChI is InChI=1S/C21H27N3O2/c1-6-26-19-13-9-17(10-14-19)21(2,3)20(25)23-22-15-16-7-11-18(12-8-16)24(4)5/h7-15H,6H2,1-5H3,(H,23,25)/b22-15+. The first-order valence-electron chi connectivity index (χ1n) is 8.69. The van der Waals surface area contributed by atoms with E-state index in [2.05, 4.69) is 10.5 Å². The first kappa shape index (κ1) is 19.5. The van der Waals surface area contributed by atoms with E-state index < -0.39 is 5.41 Å². The highest BCUT2D eigenvalue weighted by molar-refractivity contribution is 5.89. The van der Waals surface area contributed by atoms with E-state index in [4.69, 9.17) is 4.74 Å². The van der Waals surface area contributed by atoms with Crippen LogP contribution in [0.1, 0.15) is 31.9 Å². The van der Waals surface area contributed by atoms with Crippen molar-refractivity contribution in [3.8, 4) is 5.75 Å². The lowest BCUT2D eigenvalue weighted by atomic mass is 9.84. The van der Waals surface area contributed by atoms with E-state index >= 15 is 0 Å². The van der Waals surface area contributed by atoms with Crippen LogP contribution in [-0.2, 0) is 10.2 Å². The molecule has 0 unspecified atom stereocenters. The van der Waals surface area contributed by atoms with Crippen LogP contribution in [0.2, 0.25) is 0 Å². The molecule has 0 bridgehead atoms. The van der Waals surface area contributed by atoms with Gasteiger partial charge in [-0.25, -0.2) is 5.43 Å². The third kappa shape index (κ3) is 4.85. The van der Waals surface area contributed by atoms with Gasteiger partial charge in [-0.1, -0.05) is 24.3 Å². The molecule has 0 saturated heterocycles. The zero-order valence-corrected chi connectivity index (χ0v) is 16.1. The van der Waals surface area contributed by atoms with E-state index in [1.807, 2.05) is 88.3 Å². The molecular weight excluding hydrogens is 326 g/mol. The Morgan fingerprint density at radius 1 is 1.12 bits per heavy atom. The van der Waals surface area contributed by atoms with Gasteiger partial charge in [-0.05, 0) is 56.2 Å². The van der Waals surface area contributed by atoms with Crippen molar-refractivity contribution in [2.75, 3.05) is 25.6 Å². The molecule has 0 atom stereocenters. The highest BCUT2D eigenvalue weighted by atomic mass is 16.5. The van der Waals surface area contributed by atoms with Gasteiger partial charge in [0.15, 0.2) is 0 Å². The van der Waals surface area contributed by atoms with Crippen LogP contribution in [-0.4, -0.2) is 32.8 Å². The summed E-state index contributed by atoms with van der Waals surface area (Å²) < 4.78 is 5.44. The third-order valence-corrected chi connectivity index (χ3v) is 4.24. The predicted molar refractivity (Wildman–Crippen MR) is 107 cm³/mol. The maximum absolute atomic E-state index is 12.5. The number of rotatable bonds is 7. The quantitative estimate of drug-likeness (QED) is 0.611. The Morgan fingerprint density at radius 2 is 1.73 bits per heavy atom. The zero-order chi connectivity index (χ0) is 19.2. The molecule has 0 fully saturated rings. The number of amides is 1. The molecule has 5 heteroatoms. The molecule has 0 spiro atoms. The molecule has 0 heterocycles. The molecular formula is C21H27N3O2. The Bertz CT molecular complexity index is 748. The number of nitrogens with one attached hydrogen (secondary N) is 1. The van der Waals surface area contributed by atoms with Gasteiger partial charge in [0.25, 0.3) is 0 Å². The second-order valence-electron chi connectivity index (χ2n) is 6.77. The fraction of sp³-hybridized carbons (Fsp3) is 0.333. The minimum Gasteiger partial charge on any atom is -0.494 e. The van der Waals surface area contributed by atoms with Crippen molar-refractivity contribution in [1.29, 1.82) is 0 Å². The van der Waals surface area contributed by atoms with Crippen molar-refractivity contribution in [1.82, 2.24) is 5.43 Å². The summed E-state index contributed by atoms with van der Waals surface area (Å²) in [6.45, 7) is 6.31. The van der Waals surface area contributed by atoms with E-state index in [-0.39, 0.29) is 5.91 Å². The van der Waals surface area contributed by atoms with E-state index in [0.29, 0.717) is 6.61 Å². The number of carbonyl (C=O) groups is 1. The van der Waals surface area contributed by atoms with Gasteiger partial charge in [0.2, 0.25) is 5.91 Å². The van der Waals surface area contributed by atoms with Crippen LogP contribution < -0.4 is 15.1 Å². The van der Waals surface area contributed by atoms with Crippen molar-refractivity contribution in [3.05, 3.63) is 59.7 Å². The minimum absolute atomic E-state index is 0.164. The first-order chi connectivity index (χ1) is 12.3. The Morgan fingerprint density at radius 3 is 2.27 bits per heavy atom. The monoisotopic (exact) mass is 353 g/mol. The largest absolute Gasteiger partial charge is 0.494 e. The van der Waals surface area contributed by atoms with E-state index in [1.54, 1.807) is 6.21 Å². The molecule has 2 rings (SSSR count). The summed E-state index contributed by atoms with van der Waals surface area (Å²) in [5.74, 6) is 0.634. The number of carbonyl (C=O) groups excluding carboxylic acids is 1. The lowest BCUT2D eigenvalue weighted by Crippen LogP contribution is -2.37. The molecule has 26 heavy (non-hydrogen) atoms. The van der Waals surface area contributed by atoms with Crippen molar-refractivity contribution >= 4 is 17.8 Å². The fourth-order valence-electron chi connectivity index (χ4n) is 2.43. The van der Waals surface area contributed by atoms with Gasteiger partial charge in [0.1, 0.15) is 5.75 Å². The number of hydrogen-bond acceptors (Lipinski definition) is 4. The fourth-order valence-corrected chi connectivity index (χ4v) is 2.43. The number of ether oxygens (including phenoxy) is 1. The Kier molecular flexibility index (Phi) is 6.39. The minimum atomic E-state index is -0.698. The Hall–Kier alpha value is -2.82. The lowest BCUT2D eigenvalue weighted by Gasteiger charge is -2.23. The first-order valence-corrected chi connectivity index (χ1v) is 8.69. The second-order valence-corrected chi connectivity index (χ2v) is 6.77. The number of anilines is 1. The van der Waals surface area contributed by atoms with Crippen molar-refractivity contribution in [2.24, 2.45) is 5.10 Å². The summed E-state index contributed by atoms with van der Waals surface area (Å²) in [7, 11) is 3.98. The predicted octanol–water partition coefficient (Wildman–Crippen LogP) is 3.58. The van der Waals surface area contributed by atoms with Gasteiger partial charge in [-0.15, -0.1) is 0 Å². The SMILES string of the molecule is CCOc1ccc(C(C)(C)C(=O)N/N=C/c2ccc(N(C)C)cc2)cc1. The van der Waals surface area contributed by atoms with Crippen LogP contribution in [0.4, 0.5) is 5.69 Å². The molecule has 1 N–H and O–H groups in total. The Labute approximate surface area is 155 Å². The maximum Gasteiger partial charge on any atom is 0.250 e. The smallest absolute Gasteiger partial charge is 0.250 e. The van der Waals surface area contributed by atoms with Crippen LogP contribution in [0.25, 0.3) is 0 Å². The average Bonchev–Trinajstić information content (AvgIpc) is 2.62. The zero-order valence-electron chi connectivity index (χ0n) is 16.1. The normalized spacial score (nSPS) is 11.4. The second kappa shape index (κ2) is 8.52. The van der Waals surface area contributed by atoms with Crippen LogP contribution in [0, 0.1) is 0 Å². The van der Waals surface area contributed by atoms with E-state index in [9.17, 15) is 4.79 Å². The van der Waals surface area contributed by atoms with Gasteiger partial charge in [-0.3, -0.25) is 4.79 Å². The highest BCUT2D eigenvalue weighted by Gasteiger charge is 2.29. The topological polar surface area (TPSA) is 53.9 Å². The van der Waals surface area contributed by atoms with Crippen molar-refractivity contribution in [3.63, 3.8) is 0 Å². The van der Waals surface area contributed by atoms with E-state index in [1.165, 1.54) is 0 Å². The molecule has 0 aromatic heterocycles. The third-order valence-electron chi connectivity index (χ3n) is 4.24. The summed E-state index contributed by atoms with van der Waals surface area (Å²) in [5, 5.41) is 4.09. The molecule has 0 saturated carbocycles. The maximum atomic E-state index is 12.5. The van der Waals surface area contributed by atoms with Crippen LogP contribution >= 0.6 is 0 Å². The van der Waals surface area contributed by atoms with Crippen molar-refractivity contribution < 1.29 is 9.53 Å². The Balaban J connectivity index is 2.00. The van der Waals surface area contributed by atoms with Gasteiger partial charge < -0.3 is 9.64 Å². The van der Waals surface area contributed by atoms with Gasteiger partial charge >= 0.3 is 0 Å². The average molecular weight is 353 g/mol. The molecule has 0 radical (unpaired) electrons. The summed E-state index contributed by atoms with van der Waals surface area (Å²) in [5.41, 5.74) is 4.88. The molecule has 0 aliphatic rings. The number of hydrogen-bond donors (Lipinski definition) is 1. The van der Waals surface area contributed by atoms with Crippen LogP contribution in [0.5, 0.6) is 5.75 Å². The lowest BCUT2D eigenvalue weighted by molar-refractivity contribution is -0.125. The van der Waals surface area contributed by atoms with Crippen LogP contribution in [0.3, 0.4) is 0 Å². The molecule has 2 aromatic carbocycles. The van der Waals surface area contributed by atoms with Crippen LogP contribution in [0.15, 0.2) is 53.6 Å². The number of benzene rings is 2. The van der Waals surface area contributed by atoms with Crippen molar-refractivity contribution in [2.45, 2.75) is 26.2 Å².